The molecule has 0 aliphatic heterocycles. The highest BCUT2D eigenvalue weighted by molar-refractivity contribution is 5.83. The van der Waals surface area contributed by atoms with Gasteiger partial charge in [0.15, 0.2) is 0 Å². The van der Waals surface area contributed by atoms with Crippen LogP contribution in [0, 0.1) is 11.3 Å². The molecule has 0 aliphatic rings. The Bertz CT molecular complexity index is 362. The molecule has 2 unspecified atom stereocenters. The first-order valence-corrected chi connectivity index (χ1v) is 6.42. The van der Waals surface area contributed by atoms with Crippen LogP contribution in [0.2, 0.25) is 0 Å². The number of rotatable bonds is 6. The Labute approximate surface area is 119 Å². The molecule has 116 valence electrons. The Hall–Kier alpha value is -1.79. The maximum Gasteiger partial charge on any atom is 0.328 e. The van der Waals surface area contributed by atoms with Crippen molar-refractivity contribution in [2.75, 3.05) is 13.7 Å². The van der Waals surface area contributed by atoms with E-state index in [-0.39, 0.29) is 12.0 Å². The Kier molecular flexibility index (Phi) is 7.02. The minimum Gasteiger partial charge on any atom is -0.481 e. The summed E-state index contributed by atoms with van der Waals surface area (Å²) in [5, 5.41) is 13.9. The molecule has 0 fully saturated rings. The van der Waals surface area contributed by atoms with Crippen molar-refractivity contribution < 1.29 is 24.2 Å². The van der Waals surface area contributed by atoms with Gasteiger partial charge in [0.25, 0.3) is 0 Å². The van der Waals surface area contributed by atoms with Crippen LogP contribution >= 0.6 is 0 Å². The Morgan fingerprint density at radius 1 is 1.25 bits per heavy atom. The molecule has 0 bridgehead atoms. The van der Waals surface area contributed by atoms with E-state index < -0.39 is 29.9 Å². The quantitative estimate of drug-likeness (QED) is 0.632. The number of nitrogens with one attached hydrogen (secondary N) is 2. The summed E-state index contributed by atoms with van der Waals surface area (Å²) in [6, 6.07) is -1.38. The molecule has 3 N–H and O–H groups in total. The number of urea groups is 1. The van der Waals surface area contributed by atoms with Gasteiger partial charge < -0.3 is 20.5 Å². The fourth-order valence-corrected chi connectivity index (χ4v) is 1.69. The number of ether oxygens (including phenoxy) is 1. The van der Waals surface area contributed by atoms with Gasteiger partial charge in [0.1, 0.15) is 6.04 Å². The highest BCUT2D eigenvalue weighted by atomic mass is 16.5. The molecule has 2 atom stereocenters. The molecule has 7 nitrogen and oxygen atoms in total. The van der Waals surface area contributed by atoms with Crippen molar-refractivity contribution in [1.82, 2.24) is 10.6 Å². The highest BCUT2D eigenvalue weighted by Crippen LogP contribution is 2.24. The van der Waals surface area contributed by atoms with Crippen molar-refractivity contribution in [3.63, 3.8) is 0 Å². The van der Waals surface area contributed by atoms with Crippen LogP contribution in [-0.2, 0) is 14.3 Å². The van der Waals surface area contributed by atoms with Gasteiger partial charge in [-0.3, -0.25) is 4.79 Å². The lowest BCUT2D eigenvalue weighted by Crippen LogP contribution is -2.46. The van der Waals surface area contributed by atoms with Gasteiger partial charge >= 0.3 is 18.0 Å². The Balaban J connectivity index is 4.32. The molecule has 7 heteroatoms. The zero-order valence-corrected chi connectivity index (χ0v) is 12.6. The Morgan fingerprint density at radius 2 is 1.80 bits per heavy atom. The number of esters is 1. The SMILES string of the molecule is COC(=O)C(C)NC(=O)NCC(CC(C)(C)C)C(=O)O. The Morgan fingerprint density at radius 3 is 2.20 bits per heavy atom. The fraction of sp³-hybridized carbons (Fsp3) is 0.769. The summed E-state index contributed by atoms with van der Waals surface area (Å²) in [5.41, 5.74) is -0.152. The second-order valence-electron chi connectivity index (χ2n) is 5.90. The van der Waals surface area contributed by atoms with E-state index in [0.29, 0.717) is 6.42 Å². The van der Waals surface area contributed by atoms with Crippen LogP contribution in [0.5, 0.6) is 0 Å². The molecule has 0 aromatic carbocycles. The monoisotopic (exact) mass is 288 g/mol. The third-order valence-corrected chi connectivity index (χ3v) is 2.62. The third kappa shape index (κ3) is 7.60. The summed E-state index contributed by atoms with van der Waals surface area (Å²) in [6.45, 7) is 7.29. The third-order valence-electron chi connectivity index (χ3n) is 2.62. The summed E-state index contributed by atoms with van der Waals surface area (Å²) >= 11 is 0. The van der Waals surface area contributed by atoms with Crippen molar-refractivity contribution in [2.24, 2.45) is 11.3 Å². The van der Waals surface area contributed by atoms with Gasteiger partial charge in [0, 0.05) is 6.54 Å². The first kappa shape index (κ1) is 18.2. The number of methoxy groups -OCH3 is 1. The van der Waals surface area contributed by atoms with Crippen LogP contribution in [0.1, 0.15) is 34.1 Å². The largest absolute Gasteiger partial charge is 0.481 e. The molecule has 0 radical (unpaired) electrons. The minimum atomic E-state index is -0.957. The van der Waals surface area contributed by atoms with Gasteiger partial charge in [-0.2, -0.15) is 0 Å². The van der Waals surface area contributed by atoms with E-state index in [1.807, 2.05) is 20.8 Å². The van der Waals surface area contributed by atoms with E-state index in [0.717, 1.165) is 0 Å². The van der Waals surface area contributed by atoms with Crippen molar-refractivity contribution in [1.29, 1.82) is 0 Å². The van der Waals surface area contributed by atoms with Crippen LogP contribution in [0.4, 0.5) is 4.79 Å². The van der Waals surface area contributed by atoms with Gasteiger partial charge in [-0.15, -0.1) is 0 Å². The van der Waals surface area contributed by atoms with Crippen LogP contribution in [0.25, 0.3) is 0 Å². The standard InChI is InChI=1S/C13H24N2O5/c1-8(11(18)20-5)15-12(19)14-7-9(10(16)17)6-13(2,3)4/h8-9H,6-7H2,1-5H3,(H,16,17)(H2,14,15,19). The van der Waals surface area contributed by atoms with Crippen LogP contribution in [-0.4, -0.2) is 42.8 Å². The van der Waals surface area contributed by atoms with E-state index in [1.54, 1.807) is 0 Å². The number of carbonyl (C=O) groups is 3. The predicted octanol–water partition coefficient (Wildman–Crippen LogP) is 0.984. The number of amides is 2. The second kappa shape index (κ2) is 7.72. The topological polar surface area (TPSA) is 105 Å². The smallest absolute Gasteiger partial charge is 0.328 e. The van der Waals surface area contributed by atoms with E-state index >= 15 is 0 Å². The molecule has 0 rings (SSSR count). The molecular weight excluding hydrogens is 264 g/mol. The predicted molar refractivity (Wildman–Crippen MR) is 73.2 cm³/mol. The zero-order valence-electron chi connectivity index (χ0n) is 12.6. The fourth-order valence-electron chi connectivity index (χ4n) is 1.69. The molecule has 0 aliphatic carbocycles. The molecule has 20 heavy (non-hydrogen) atoms. The minimum absolute atomic E-state index is 0.00628. The molecule has 0 spiro atoms. The number of carbonyl (C=O) groups excluding carboxylic acids is 2. The van der Waals surface area contributed by atoms with E-state index in [2.05, 4.69) is 15.4 Å². The number of carboxylic acid groups (broad SMARTS) is 1. The number of carboxylic acids is 1. The first-order valence-electron chi connectivity index (χ1n) is 6.42. The van der Waals surface area contributed by atoms with Crippen LogP contribution < -0.4 is 10.6 Å². The van der Waals surface area contributed by atoms with E-state index in [1.165, 1.54) is 14.0 Å². The van der Waals surface area contributed by atoms with E-state index in [4.69, 9.17) is 5.11 Å². The average Bonchev–Trinajstić information content (AvgIpc) is 2.31. The maximum absolute atomic E-state index is 11.5. The summed E-state index contributed by atoms with van der Waals surface area (Å²) in [7, 11) is 1.22. The molecule has 0 saturated heterocycles. The van der Waals surface area contributed by atoms with Gasteiger partial charge in [-0.25, -0.2) is 9.59 Å². The number of hydrogen-bond donors (Lipinski definition) is 3. The zero-order chi connectivity index (χ0) is 15.9. The first-order chi connectivity index (χ1) is 9.06. The van der Waals surface area contributed by atoms with E-state index in [9.17, 15) is 14.4 Å². The summed E-state index contributed by atoms with van der Waals surface area (Å²) in [6.07, 6.45) is 0.440. The number of hydrogen-bond acceptors (Lipinski definition) is 4. The summed E-state index contributed by atoms with van der Waals surface area (Å²) in [5.74, 6) is -2.19. The second-order valence-corrected chi connectivity index (χ2v) is 5.90. The van der Waals surface area contributed by atoms with Gasteiger partial charge in [-0.1, -0.05) is 20.8 Å². The average molecular weight is 288 g/mol. The van der Waals surface area contributed by atoms with Crippen molar-refractivity contribution >= 4 is 18.0 Å². The van der Waals surface area contributed by atoms with Crippen LogP contribution in [0.3, 0.4) is 0 Å². The van der Waals surface area contributed by atoms with Gasteiger partial charge in [-0.05, 0) is 18.8 Å². The molecule has 0 aromatic rings. The van der Waals surface area contributed by atoms with Gasteiger partial charge in [0.2, 0.25) is 0 Å². The van der Waals surface area contributed by atoms with Crippen LogP contribution in [0.15, 0.2) is 0 Å². The van der Waals surface area contributed by atoms with Gasteiger partial charge in [0.05, 0.1) is 13.0 Å². The lowest BCUT2D eigenvalue weighted by atomic mass is 9.84. The molecular formula is C13H24N2O5. The maximum atomic E-state index is 11.5. The summed E-state index contributed by atoms with van der Waals surface area (Å²) < 4.78 is 4.47. The molecule has 0 aromatic heterocycles. The lowest BCUT2D eigenvalue weighted by molar-refractivity contribution is -0.143. The van der Waals surface area contributed by atoms with Crippen molar-refractivity contribution in [2.45, 2.75) is 40.2 Å². The molecule has 0 heterocycles. The van der Waals surface area contributed by atoms with Crippen molar-refractivity contribution in [3.8, 4) is 0 Å². The summed E-state index contributed by atoms with van der Waals surface area (Å²) in [4.78, 5) is 33.8. The van der Waals surface area contributed by atoms with Crippen molar-refractivity contribution in [3.05, 3.63) is 0 Å². The highest BCUT2D eigenvalue weighted by Gasteiger charge is 2.25. The lowest BCUT2D eigenvalue weighted by Gasteiger charge is -2.23. The normalized spacial score (nSPS) is 14.1. The molecule has 2 amide bonds. The number of aliphatic carboxylic acids is 1. The molecule has 0 saturated carbocycles.